The molecule has 2 fully saturated rings. The van der Waals surface area contributed by atoms with Crippen LogP contribution in [0.15, 0.2) is 36.4 Å². The Morgan fingerprint density at radius 1 is 0.854 bits per heavy atom. The minimum absolute atomic E-state index is 0.0551. The molecule has 0 unspecified atom stereocenters. The van der Waals surface area contributed by atoms with E-state index in [0.29, 0.717) is 30.1 Å². The Bertz CT molecular complexity index is 1740. The van der Waals surface area contributed by atoms with E-state index in [1.807, 2.05) is 0 Å². The topological polar surface area (TPSA) is 83.2 Å². The third-order valence-corrected chi connectivity index (χ3v) is 9.34. The first-order chi connectivity index (χ1) is 22.7. The summed E-state index contributed by atoms with van der Waals surface area (Å²) in [7, 11) is 1.46. The van der Waals surface area contributed by atoms with E-state index in [1.165, 1.54) is 11.9 Å². The normalized spacial score (nSPS) is 20.5. The zero-order chi connectivity index (χ0) is 34.4. The molecule has 1 saturated heterocycles. The van der Waals surface area contributed by atoms with Crippen LogP contribution < -0.4 is 9.80 Å². The van der Waals surface area contributed by atoms with E-state index in [4.69, 9.17) is 4.98 Å². The van der Waals surface area contributed by atoms with Crippen molar-refractivity contribution in [3.63, 3.8) is 0 Å². The van der Waals surface area contributed by atoms with Gasteiger partial charge in [0.2, 0.25) is 0 Å². The number of hydrogen-bond acceptors (Lipinski definition) is 7. The Balaban J connectivity index is 1.43. The first-order valence-electron chi connectivity index (χ1n) is 15.6. The van der Waals surface area contributed by atoms with Crippen LogP contribution in [-0.4, -0.2) is 49.5 Å². The Hall–Kier alpha value is -4.08. The van der Waals surface area contributed by atoms with Gasteiger partial charge in [0.15, 0.2) is 11.6 Å². The van der Waals surface area contributed by atoms with Crippen LogP contribution in [-0.2, 0) is 32.5 Å². The van der Waals surface area contributed by atoms with Gasteiger partial charge < -0.3 is 14.9 Å². The molecule has 3 heterocycles. The fourth-order valence-corrected chi connectivity index (χ4v) is 7.00. The lowest BCUT2D eigenvalue weighted by Crippen LogP contribution is -2.39. The molecule has 1 saturated carbocycles. The van der Waals surface area contributed by atoms with E-state index >= 15 is 0 Å². The van der Waals surface area contributed by atoms with Crippen molar-refractivity contribution in [2.24, 2.45) is 18.9 Å². The van der Waals surface area contributed by atoms with Crippen LogP contribution >= 0.6 is 0 Å². The molecule has 1 aliphatic heterocycles. The lowest BCUT2D eigenvalue weighted by Gasteiger charge is -2.37. The number of rotatable bonds is 8. The van der Waals surface area contributed by atoms with Gasteiger partial charge in [-0.1, -0.05) is 5.10 Å². The van der Waals surface area contributed by atoms with Crippen molar-refractivity contribution in [3.8, 4) is 0 Å². The smallest absolute Gasteiger partial charge is 0.396 e. The highest BCUT2D eigenvalue weighted by atomic mass is 19.4. The molecule has 2 aliphatic rings. The largest absolute Gasteiger partial charge is 0.416 e. The Morgan fingerprint density at radius 3 is 2.12 bits per heavy atom. The maximum absolute atomic E-state index is 14.4. The monoisotopic (exact) mass is 683 g/mol. The van der Waals surface area contributed by atoms with E-state index in [1.54, 1.807) is 6.07 Å². The van der Waals surface area contributed by atoms with Gasteiger partial charge in [-0.25, -0.2) is 13.8 Å². The summed E-state index contributed by atoms with van der Waals surface area (Å²) in [6.45, 7) is 0.109. The highest BCUT2D eigenvalue weighted by molar-refractivity contribution is 5.82. The summed E-state index contributed by atoms with van der Waals surface area (Å²) in [4.78, 5) is 9.38. The quantitative estimate of drug-likeness (QED) is 0.200. The van der Waals surface area contributed by atoms with Crippen LogP contribution in [0.5, 0.6) is 0 Å². The zero-order valence-electron chi connectivity index (χ0n) is 25.9. The highest BCUT2D eigenvalue weighted by Gasteiger charge is 2.38. The number of alkyl halides is 6. The van der Waals surface area contributed by atoms with Crippen molar-refractivity contribution < 1.29 is 40.2 Å². The van der Waals surface area contributed by atoms with Gasteiger partial charge in [0.25, 0.3) is 5.95 Å². The first kappa shape index (κ1) is 33.8. The van der Waals surface area contributed by atoms with E-state index in [0.717, 1.165) is 55.5 Å². The zero-order valence-corrected chi connectivity index (χ0v) is 25.9. The van der Waals surface area contributed by atoms with E-state index in [2.05, 4.69) is 20.3 Å². The molecule has 0 radical (unpaired) electrons. The fourth-order valence-electron chi connectivity index (χ4n) is 7.00. The molecule has 6 rings (SSSR count). The molecule has 258 valence electrons. The molecule has 0 spiro atoms. The summed E-state index contributed by atoms with van der Waals surface area (Å²) in [6, 6.07) is 5.02. The molecule has 4 aromatic rings. The van der Waals surface area contributed by atoms with Gasteiger partial charge in [-0.05, 0) is 91.5 Å². The van der Waals surface area contributed by atoms with Gasteiger partial charge >= 0.3 is 12.4 Å². The van der Waals surface area contributed by atoms with Crippen molar-refractivity contribution in [1.82, 2.24) is 25.2 Å². The van der Waals surface area contributed by atoms with Gasteiger partial charge in [-0.2, -0.15) is 31.1 Å². The van der Waals surface area contributed by atoms with Crippen molar-refractivity contribution in [2.75, 3.05) is 23.0 Å². The predicted molar refractivity (Wildman–Crippen MR) is 160 cm³/mol. The van der Waals surface area contributed by atoms with Gasteiger partial charge in [0.05, 0.1) is 23.7 Å². The number of hydrogen-bond donors (Lipinski definition) is 1. The van der Waals surface area contributed by atoms with Crippen LogP contribution in [0, 0.1) is 23.5 Å². The summed E-state index contributed by atoms with van der Waals surface area (Å²) in [5.74, 6) is -1.27. The molecule has 2 aromatic carbocycles. The number of aliphatic hydroxyl groups is 1. The molecule has 0 amide bonds. The van der Waals surface area contributed by atoms with Crippen LogP contribution in [0.3, 0.4) is 0 Å². The third kappa shape index (κ3) is 7.17. The van der Waals surface area contributed by atoms with Crippen LogP contribution in [0.1, 0.15) is 60.8 Å². The predicted octanol–water partition coefficient (Wildman–Crippen LogP) is 7.05. The molecular formula is C32H33F8N7O. The molecule has 2 aromatic heterocycles. The summed E-state index contributed by atoms with van der Waals surface area (Å²) in [5, 5.41) is 21.9. The second-order valence-electron chi connectivity index (χ2n) is 12.6. The van der Waals surface area contributed by atoms with Crippen LogP contribution in [0.2, 0.25) is 0 Å². The number of aryl methyl sites for hydroxylation is 1. The highest BCUT2D eigenvalue weighted by Crippen LogP contribution is 2.41. The minimum Gasteiger partial charge on any atom is -0.396 e. The second kappa shape index (κ2) is 13.1. The number of pyridine rings is 1. The fraction of sp³-hybridized carbons (Fsp3) is 0.500. The van der Waals surface area contributed by atoms with Crippen molar-refractivity contribution in [2.45, 2.75) is 70.0 Å². The number of halogens is 8. The molecule has 8 nitrogen and oxygen atoms in total. The summed E-state index contributed by atoms with van der Waals surface area (Å²) < 4.78 is 111. The maximum atomic E-state index is 14.4. The second-order valence-corrected chi connectivity index (χ2v) is 12.6. The molecule has 1 N–H and O–H groups in total. The van der Waals surface area contributed by atoms with Crippen LogP contribution in [0.4, 0.5) is 46.9 Å². The lowest BCUT2D eigenvalue weighted by molar-refractivity contribution is -0.143. The van der Waals surface area contributed by atoms with Crippen molar-refractivity contribution in [1.29, 1.82) is 0 Å². The molecular weight excluding hydrogens is 650 g/mol. The molecule has 1 aliphatic carbocycles. The summed E-state index contributed by atoms with van der Waals surface area (Å²) in [6.07, 6.45) is -4.87. The summed E-state index contributed by atoms with van der Waals surface area (Å²) >= 11 is 0. The number of benzene rings is 2. The van der Waals surface area contributed by atoms with Crippen molar-refractivity contribution >= 4 is 22.7 Å². The Labute approximate surface area is 270 Å². The average Bonchev–Trinajstić information content (AvgIpc) is 3.70. The average molecular weight is 684 g/mol. The third-order valence-electron chi connectivity index (χ3n) is 9.34. The standard InChI is InChI=1S/C32H33F8N7O/c1-45-43-30(42-44-45)46(15-19-9-23(31(35,36)37)13-24(10-19)32(38,39)40)16-22-11-21-12-25(33)26(34)14-27(21)41-29(22)47-8-2-3-28(47)20-6-4-18(17-48)5-7-20/h9-14,18,20,28,48H,2-8,15-17H2,1H3/t18?,20?,28-/m1/s1. The molecule has 0 bridgehead atoms. The van der Waals surface area contributed by atoms with Crippen LogP contribution in [0.25, 0.3) is 10.9 Å². The van der Waals surface area contributed by atoms with Crippen molar-refractivity contribution in [3.05, 3.63) is 70.3 Å². The maximum Gasteiger partial charge on any atom is 0.416 e. The van der Waals surface area contributed by atoms with Gasteiger partial charge in [-0.15, -0.1) is 5.10 Å². The number of aliphatic hydroxyl groups excluding tert-OH is 1. The number of fused-ring (bicyclic) bond motifs is 1. The van der Waals surface area contributed by atoms with E-state index in [-0.39, 0.29) is 59.5 Å². The Kier molecular flexibility index (Phi) is 9.22. The van der Waals surface area contributed by atoms with Gasteiger partial charge in [0, 0.05) is 49.3 Å². The molecule has 48 heavy (non-hydrogen) atoms. The summed E-state index contributed by atoms with van der Waals surface area (Å²) in [5.41, 5.74) is -2.55. The first-order valence-corrected chi connectivity index (χ1v) is 15.6. The van der Waals surface area contributed by atoms with E-state index in [9.17, 15) is 40.2 Å². The minimum atomic E-state index is -5.04. The lowest BCUT2D eigenvalue weighted by atomic mass is 9.78. The number of nitrogens with zero attached hydrogens (tertiary/aromatic N) is 7. The molecule has 1 atom stereocenters. The number of anilines is 2. The van der Waals surface area contributed by atoms with E-state index < -0.39 is 41.7 Å². The number of tetrazole rings is 1. The number of aromatic nitrogens is 5. The molecule has 16 heteroatoms. The van der Waals surface area contributed by atoms with Gasteiger partial charge in [-0.3, -0.25) is 0 Å². The van der Waals surface area contributed by atoms with Gasteiger partial charge in [0.1, 0.15) is 5.82 Å². The SMILES string of the molecule is Cn1nnc(N(Cc2cc(C(F)(F)F)cc(C(F)(F)F)c2)Cc2cc3cc(F)c(F)cc3nc2N2CCC[C@@H]2C2CCC(CO)CC2)n1. The Morgan fingerprint density at radius 2 is 1.52 bits per heavy atom.